The highest BCUT2D eigenvalue weighted by Gasteiger charge is 2.22. The van der Waals surface area contributed by atoms with E-state index >= 15 is 0 Å². The zero-order chi connectivity index (χ0) is 17.5. The first-order valence-corrected chi connectivity index (χ1v) is 8.76. The second-order valence-electron chi connectivity index (χ2n) is 5.39. The second-order valence-corrected chi connectivity index (χ2v) is 6.56. The van der Waals surface area contributed by atoms with E-state index in [0.717, 1.165) is 12.2 Å². The van der Waals surface area contributed by atoms with E-state index in [1.165, 1.54) is 12.0 Å². The highest BCUT2D eigenvalue weighted by Crippen LogP contribution is 2.19. The highest BCUT2D eigenvalue weighted by atomic mass is 32.2. The average Bonchev–Trinajstić information content (AvgIpc) is 2.89. The maximum Gasteiger partial charge on any atom is 0.339 e. The molecular formula is C18H22N2O3S. The fourth-order valence-corrected chi connectivity index (χ4v) is 3.33. The number of carbonyl (C=O) groups is 2. The van der Waals surface area contributed by atoms with Crippen molar-refractivity contribution in [1.82, 2.24) is 10.3 Å². The van der Waals surface area contributed by atoms with Gasteiger partial charge >= 0.3 is 5.97 Å². The average molecular weight is 346 g/mol. The number of ether oxygens (including phenoxy) is 1. The van der Waals surface area contributed by atoms with Gasteiger partial charge in [-0.25, -0.2) is 4.79 Å². The number of esters is 1. The standard InChI is InChI=1S/C18H22N2O3S/c1-12-15(18(22)23-3)13(2)20-16(12)17(21)19-10-7-11-24-14-8-5-4-6-9-14/h4-6,8-9,20H,7,10-11H2,1-3H3,(H,19,21). The van der Waals surface area contributed by atoms with Gasteiger partial charge in [-0.05, 0) is 43.7 Å². The number of nitrogens with one attached hydrogen (secondary N) is 2. The number of aromatic nitrogens is 1. The number of methoxy groups -OCH3 is 1. The van der Waals surface area contributed by atoms with Crippen molar-refractivity contribution in [2.45, 2.75) is 25.2 Å². The lowest BCUT2D eigenvalue weighted by Crippen LogP contribution is -2.25. The van der Waals surface area contributed by atoms with Gasteiger partial charge in [-0.15, -0.1) is 11.8 Å². The van der Waals surface area contributed by atoms with Gasteiger partial charge in [0.15, 0.2) is 0 Å². The molecule has 2 aromatic rings. The van der Waals surface area contributed by atoms with Crippen molar-refractivity contribution in [2.24, 2.45) is 0 Å². The summed E-state index contributed by atoms with van der Waals surface area (Å²) >= 11 is 1.76. The first kappa shape index (κ1) is 18.1. The summed E-state index contributed by atoms with van der Waals surface area (Å²) in [5, 5.41) is 2.89. The van der Waals surface area contributed by atoms with Crippen LogP contribution in [-0.2, 0) is 4.74 Å². The lowest BCUT2D eigenvalue weighted by atomic mass is 10.1. The van der Waals surface area contributed by atoms with Crippen LogP contribution in [0.1, 0.15) is 38.5 Å². The molecule has 0 saturated heterocycles. The molecule has 6 heteroatoms. The van der Waals surface area contributed by atoms with Gasteiger partial charge in [-0.1, -0.05) is 18.2 Å². The van der Waals surface area contributed by atoms with Crippen molar-refractivity contribution < 1.29 is 14.3 Å². The maximum atomic E-state index is 12.3. The summed E-state index contributed by atoms with van der Waals surface area (Å²) < 4.78 is 4.75. The number of aryl methyl sites for hydroxylation is 1. The van der Waals surface area contributed by atoms with E-state index in [9.17, 15) is 9.59 Å². The Hall–Kier alpha value is -2.21. The zero-order valence-corrected chi connectivity index (χ0v) is 15.0. The Bertz CT molecular complexity index is 711. The predicted octanol–water partition coefficient (Wildman–Crippen LogP) is 3.33. The monoisotopic (exact) mass is 346 g/mol. The van der Waals surface area contributed by atoms with Crippen LogP contribution >= 0.6 is 11.8 Å². The van der Waals surface area contributed by atoms with Crippen LogP contribution in [-0.4, -0.2) is 36.3 Å². The Balaban J connectivity index is 1.84. The predicted molar refractivity (Wildman–Crippen MR) is 95.7 cm³/mol. The van der Waals surface area contributed by atoms with Crippen LogP contribution < -0.4 is 5.32 Å². The van der Waals surface area contributed by atoms with Crippen molar-refractivity contribution in [3.8, 4) is 0 Å². The fourth-order valence-electron chi connectivity index (χ4n) is 2.45. The van der Waals surface area contributed by atoms with Crippen molar-refractivity contribution >= 4 is 23.6 Å². The smallest absolute Gasteiger partial charge is 0.339 e. The lowest BCUT2D eigenvalue weighted by molar-refractivity contribution is 0.0599. The number of hydrogen-bond acceptors (Lipinski definition) is 4. The Morgan fingerprint density at radius 2 is 1.92 bits per heavy atom. The first-order valence-electron chi connectivity index (χ1n) is 7.78. The number of benzene rings is 1. The second kappa shape index (κ2) is 8.59. The van der Waals surface area contributed by atoms with Gasteiger partial charge in [0.2, 0.25) is 0 Å². The van der Waals surface area contributed by atoms with Crippen LogP contribution in [0, 0.1) is 13.8 Å². The van der Waals surface area contributed by atoms with Crippen molar-refractivity contribution in [2.75, 3.05) is 19.4 Å². The molecule has 2 rings (SSSR count). The third-order valence-corrected chi connectivity index (χ3v) is 4.77. The molecule has 1 amide bonds. The van der Waals surface area contributed by atoms with E-state index in [-0.39, 0.29) is 5.91 Å². The van der Waals surface area contributed by atoms with Gasteiger partial charge in [0.25, 0.3) is 5.91 Å². The van der Waals surface area contributed by atoms with Gasteiger partial charge < -0.3 is 15.0 Å². The van der Waals surface area contributed by atoms with Crippen LogP contribution in [0.25, 0.3) is 0 Å². The number of rotatable bonds is 7. The Morgan fingerprint density at radius 3 is 2.58 bits per heavy atom. The molecule has 0 aliphatic rings. The number of thioether (sulfide) groups is 1. The molecule has 24 heavy (non-hydrogen) atoms. The molecule has 0 radical (unpaired) electrons. The van der Waals surface area contributed by atoms with Crippen LogP contribution in [0.4, 0.5) is 0 Å². The summed E-state index contributed by atoms with van der Waals surface area (Å²) in [6.07, 6.45) is 0.869. The molecule has 0 spiro atoms. The SMILES string of the molecule is COC(=O)c1c(C)[nH]c(C(=O)NCCCSc2ccccc2)c1C. The van der Waals surface area contributed by atoms with Crippen LogP contribution in [0.3, 0.4) is 0 Å². The molecule has 0 bridgehead atoms. The van der Waals surface area contributed by atoms with Crippen molar-refractivity contribution in [3.05, 3.63) is 52.8 Å². The van der Waals surface area contributed by atoms with Crippen LogP contribution in [0.2, 0.25) is 0 Å². The van der Waals surface area contributed by atoms with Gasteiger partial charge in [0, 0.05) is 17.1 Å². The van der Waals surface area contributed by atoms with E-state index in [4.69, 9.17) is 4.74 Å². The molecule has 0 aliphatic carbocycles. The van der Waals surface area contributed by atoms with Gasteiger partial charge in [0.05, 0.1) is 12.7 Å². The van der Waals surface area contributed by atoms with Gasteiger partial charge in [-0.3, -0.25) is 4.79 Å². The largest absolute Gasteiger partial charge is 0.465 e. The maximum absolute atomic E-state index is 12.3. The molecule has 0 saturated carbocycles. The molecule has 1 heterocycles. The third-order valence-electron chi connectivity index (χ3n) is 3.67. The number of aromatic amines is 1. The summed E-state index contributed by atoms with van der Waals surface area (Å²) in [5.41, 5.74) is 2.12. The molecule has 0 atom stereocenters. The summed E-state index contributed by atoms with van der Waals surface area (Å²) in [5.74, 6) is 0.301. The fraction of sp³-hybridized carbons (Fsp3) is 0.333. The summed E-state index contributed by atoms with van der Waals surface area (Å²) in [6.45, 7) is 4.09. The van der Waals surface area contributed by atoms with E-state index in [2.05, 4.69) is 22.4 Å². The lowest BCUT2D eigenvalue weighted by Gasteiger charge is -2.05. The van der Waals surface area contributed by atoms with Crippen LogP contribution in [0.15, 0.2) is 35.2 Å². The van der Waals surface area contributed by atoms with E-state index in [0.29, 0.717) is 29.1 Å². The van der Waals surface area contributed by atoms with E-state index in [1.54, 1.807) is 25.6 Å². The molecule has 1 aromatic heterocycles. The summed E-state index contributed by atoms with van der Waals surface area (Å²) in [4.78, 5) is 28.2. The Labute approximate surface area is 146 Å². The van der Waals surface area contributed by atoms with Gasteiger partial charge in [-0.2, -0.15) is 0 Å². The number of carbonyl (C=O) groups excluding carboxylic acids is 2. The highest BCUT2D eigenvalue weighted by molar-refractivity contribution is 7.99. The molecule has 0 fully saturated rings. The normalized spacial score (nSPS) is 10.5. The topological polar surface area (TPSA) is 71.2 Å². The Kier molecular flexibility index (Phi) is 6.49. The molecule has 1 aromatic carbocycles. The Morgan fingerprint density at radius 1 is 1.21 bits per heavy atom. The minimum Gasteiger partial charge on any atom is -0.465 e. The first-order chi connectivity index (χ1) is 11.5. The van der Waals surface area contributed by atoms with E-state index < -0.39 is 5.97 Å². The van der Waals surface area contributed by atoms with Crippen LogP contribution in [0.5, 0.6) is 0 Å². The number of hydrogen-bond donors (Lipinski definition) is 2. The molecule has 128 valence electrons. The quantitative estimate of drug-likeness (QED) is 0.458. The zero-order valence-electron chi connectivity index (χ0n) is 14.1. The van der Waals surface area contributed by atoms with E-state index in [1.807, 2.05) is 18.2 Å². The molecule has 0 unspecified atom stereocenters. The molecule has 5 nitrogen and oxygen atoms in total. The third kappa shape index (κ3) is 4.41. The molecule has 0 aliphatic heterocycles. The van der Waals surface area contributed by atoms with Crippen molar-refractivity contribution in [3.63, 3.8) is 0 Å². The number of H-pyrrole nitrogens is 1. The summed E-state index contributed by atoms with van der Waals surface area (Å²) in [6, 6.07) is 10.2. The number of amides is 1. The van der Waals surface area contributed by atoms with Crippen molar-refractivity contribution in [1.29, 1.82) is 0 Å². The summed E-state index contributed by atoms with van der Waals surface area (Å²) in [7, 11) is 1.33. The molecule has 2 N–H and O–H groups in total. The molecular weight excluding hydrogens is 324 g/mol. The van der Waals surface area contributed by atoms with Gasteiger partial charge in [0.1, 0.15) is 5.69 Å². The minimum absolute atomic E-state index is 0.199. The minimum atomic E-state index is -0.431.